The van der Waals surface area contributed by atoms with E-state index in [4.69, 9.17) is 14.2 Å². The number of halogens is 1. The minimum atomic E-state index is -0.707. The molecule has 150 valence electrons. The molecule has 3 heterocycles. The number of ether oxygens (including phenoxy) is 3. The third-order valence-corrected chi connectivity index (χ3v) is 5.61. The molecule has 1 aliphatic rings. The van der Waals surface area contributed by atoms with E-state index in [1.54, 1.807) is 6.07 Å². The highest BCUT2D eigenvalue weighted by molar-refractivity contribution is 7.12. The summed E-state index contributed by atoms with van der Waals surface area (Å²) < 4.78 is 30.8. The number of rotatable bonds is 6. The first-order valence-corrected chi connectivity index (χ1v) is 9.75. The van der Waals surface area contributed by atoms with Crippen LogP contribution < -0.4 is 9.47 Å². The number of nitrogens with zero attached hydrogens (tertiary/aromatic N) is 1. The predicted octanol–water partition coefficient (Wildman–Crippen LogP) is 4.12. The van der Waals surface area contributed by atoms with Gasteiger partial charge in [0.05, 0.1) is 0 Å². The van der Waals surface area contributed by atoms with Crippen LogP contribution in [0, 0.1) is 19.0 Å². The van der Waals surface area contributed by atoms with Crippen LogP contribution in [0.15, 0.2) is 36.4 Å². The molecule has 29 heavy (non-hydrogen) atoms. The molecule has 3 aromatic rings. The quantitative estimate of drug-likeness (QED) is 0.448. The van der Waals surface area contributed by atoms with Gasteiger partial charge in [-0.1, -0.05) is 17.4 Å². The lowest BCUT2D eigenvalue weighted by Crippen LogP contribution is -2.14. The molecule has 0 spiro atoms. The Hall–Kier alpha value is -3.13. The van der Waals surface area contributed by atoms with Gasteiger partial charge in [-0.2, -0.15) is 4.39 Å². The van der Waals surface area contributed by atoms with E-state index in [-0.39, 0.29) is 17.5 Å². The van der Waals surface area contributed by atoms with Gasteiger partial charge < -0.3 is 18.8 Å². The molecule has 0 atom stereocenters. The Morgan fingerprint density at radius 1 is 1.14 bits per heavy atom. The molecule has 6 nitrogen and oxygen atoms in total. The Bertz CT molecular complexity index is 1100. The summed E-state index contributed by atoms with van der Waals surface area (Å²) >= 11 is 0.687. The lowest BCUT2D eigenvalue weighted by atomic mass is 10.1. The fourth-order valence-corrected chi connectivity index (χ4v) is 3.88. The summed E-state index contributed by atoms with van der Waals surface area (Å²) in [6.45, 7) is 4.15. The zero-order chi connectivity index (χ0) is 20.5. The van der Waals surface area contributed by atoms with Gasteiger partial charge in [0.1, 0.15) is 4.88 Å². The molecular weight excluding hydrogens is 397 g/mol. The summed E-state index contributed by atoms with van der Waals surface area (Å²) in [5, 5.41) is -0.477. The van der Waals surface area contributed by atoms with Gasteiger partial charge >= 0.3 is 5.97 Å². The van der Waals surface area contributed by atoms with Crippen molar-refractivity contribution in [3.63, 3.8) is 0 Å². The molecule has 0 N–H and O–H groups in total. The number of aryl methyl sites for hydroxylation is 1. The van der Waals surface area contributed by atoms with Crippen LogP contribution in [0.3, 0.4) is 0 Å². The number of esters is 1. The summed E-state index contributed by atoms with van der Waals surface area (Å²) in [5.74, 6) is 0.415. The Morgan fingerprint density at radius 2 is 1.93 bits per heavy atom. The fraction of sp³-hybridized carbons (Fsp3) is 0.238. The predicted molar refractivity (Wildman–Crippen MR) is 104 cm³/mol. The van der Waals surface area contributed by atoms with Crippen molar-refractivity contribution < 1.29 is 28.2 Å². The number of ketones is 1. The van der Waals surface area contributed by atoms with Gasteiger partial charge in [0, 0.05) is 23.5 Å². The SMILES string of the molecule is Cc1cc(C(=O)COC(=O)c2ccc(F)s2)c(C)n1Cc1ccc2c(c1)OCO2. The van der Waals surface area contributed by atoms with Gasteiger partial charge in [-0.15, -0.1) is 0 Å². The van der Waals surface area contributed by atoms with E-state index < -0.39 is 17.7 Å². The fourth-order valence-electron chi connectivity index (χ4n) is 3.25. The zero-order valence-corrected chi connectivity index (χ0v) is 16.7. The molecule has 0 radical (unpaired) electrons. The average Bonchev–Trinajstić information content (AvgIpc) is 3.41. The monoisotopic (exact) mass is 415 g/mol. The maximum Gasteiger partial charge on any atom is 0.348 e. The smallest absolute Gasteiger partial charge is 0.348 e. The van der Waals surface area contributed by atoms with Crippen LogP contribution in [-0.2, 0) is 11.3 Å². The van der Waals surface area contributed by atoms with Gasteiger partial charge in [-0.25, -0.2) is 4.79 Å². The van der Waals surface area contributed by atoms with E-state index in [0.29, 0.717) is 29.2 Å². The largest absolute Gasteiger partial charge is 0.454 e. The minimum absolute atomic E-state index is 0.128. The first kappa shape index (κ1) is 19.2. The molecule has 4 rings (SSSR count). The van der Waals surface area contributed by atoms with Crippen LogP contribution in [-0.4, -0.2) is 29.7 Å². The minimum Gasteiger partial charge on any atom is -0.454 e. The first-order chi connectivity index (χ1) is 13.9. The number of aromatic nitrogens is 1. The Kier molecular flexibility index (Phi) is 5.10. The van der Waals surface area contributed by atoms with Gasteiger partial charge in [0.25, 0.3) is 0 Å². The summed E-state index contributed by atoms with van der Waals surface area (Å²) in [6, 6.07) is 10.0. The van der Waals surface area contributed by atoms with Crippen LogP contribution in [0.25, 0.3) is 0 Å². The lowest BCUT2D eigenvalue weighted by molar-refractivity contribution is 0.0479. The van der Waals surface area contributed by atoms with Gasteiger partial charge in [0.15, 0.2) is 23.2 Å². The second kappa shape index (κ2) is 7.71. The highest BCUT2D eigenvalue weighted by Crippen LogP contribution is 2.33. The summed E-state index contributed by atoms with van der Waals surface area (Å²) in [4.78, 5) is 24.6. The third-order valence-electron chi connectivity index (χ3n) is 4.76. The van der Waals surface area contributed by atoms with Crippen LogP contribution in [0.2, 0.25) is 0 Å². The van der Waals surface area contributed by atoms with Gasteiger partial charge in [-0.05, 0) is 49.7 Å². The Morgan fingerprint density at radius 3 is 2.69 bits per heavy atom. The molecule has 8 heteroatoms. The van der Waals surface area contributed by atoms with E-state index in [2.05, 4.69) is 0 Å². The number of benzene rings is 1. The summed E-state index contributed by atoms with van der Waals surface area (Å²) in [5.41, 5.74) is 3.20. The number of fused-ring (bicyclic) bond motifs is 1. The van der Waals surface area contributed by atoms with Crippen molar-refractivity contribution in [3.05, 3.63) is 68.9 Å². The van der Waals surface area contributed by atoms with Crippen molar-refractivity contribution in [2.24, 2.45) is 0 Å². The van der Waals surface area contributed by atoms with Crippen LogP contribution in [0.5, 0.6) is 11.5 Å². The number of hydrogen-bond acceptors (Lipinski definition) is 6. The van der Waals surface area contributed by atoms with E-state index in [9.17, 15) is 14.0 Å². The molecule has 0 saturated carbocycles. The average molecular weight is 415 g/mol. The van der Waals surface area contributed by atoms with Crippen molar-refractivity contribution in [1.29, 1.82) is 0 Å². The van der Waals surface area contributed by atoms with E-state index in [1.807, 2.05) is 36.6 Å². The number of thiophene rings is 1. The third kappa shape index (κ3) is 3.88. The zero-order valence-electron chi connectivity index (χ0n) is 15.9. The first-order valence-electron chi connectivity index (χ1n) is 8.93. The van der Waals surface area contributed by atoms with Gasteiger partial charge in [0.2, 0.25) is 12.6 Å². The topological polar surface area (TPSA) is 66.8 Å². The number of hydrogen-bond donors (Lipinski definition) is 0. The molecule has 0 aliphatic carbocycles. The second-order valence-electron chi connectivity index (χ2n) is 6.66. The normalized spacial score (nSPS) is 12.2. The molecule has 1 aromatic carbocycles. The van der Waals surface area contributed by atoms with Crippen LogP contribution >= 0.6 is 11.3 Å². The highest BCUT2D eigenvalue weighted by Gasteiger charge is 2.20. The molecule has 0 fully saturated rings. The van der Waals surface area contributed by atoms with E-state index in [0.717, 1.165) is 22.7 Å². The van der Waals surface area contributed by atoms with Crippen molar-refractivity contribution in [2.45, 2.75) is 20.4 Å². The Labute approximate surface area is 170 Å². The molecule has 0 saturated heterocycles. The van der Waals surface area contributed by atoms with Crippen molar-refractivity contribution in [2.75, 3.05) is 13.4 Å². The summed E-state index contributed by atoms with van der Waals surface area (Å²) in [6.07, 6.45) is 0. The molecule has 2 aromatic heterocycles. The van der Waals surface area contributed by atoms with Gasteiger partial charge in [-0.3, -0.25) is 4.79 Å². The number of carbonyl (C=O) groups excluding carboxylic acids is 2. The van der Waals surface area contributed by atoms with Crippen LogP contribution in [0.4, 0.5) is 4.39 Å². The molecule has 0 amide bonds. The lowest BCUT2D eigenvalue weighted by Gasteiger charge is -2.11. The maximum atomic E-state index is 13.0. The molecular formula is C21H18FNO5S. The molecule has 1 aliphatic heterocycles. The number of carbonyl (C=O) groups is 2. The van der Waals surface area contributed by atoms with E-state index >= 15 is 0 Å². The maximum absolute atomic E-state index is 13.0. The van der Waals surface area contributed by atoms with E-state index in [1.165, 1.54) is 12.1 Å². The standard InChI is InChI=1S/C21H18FNO5S/c1-12-7-15(16(24)10-26-21(25)19-5-6-20(22)29-19)13(2)23(12)9-14-3-4-17-18(8-14)28-11-27-17/h3-8H,9-11H2,1-2H3. The number of Topliss-reactive ketones (excluding diaryl/α,β-unsaturated/α-hetero) is 1. The summed E-state index contributed by atoms with van der Waals surface area (Å²) in [7, 11) is 0. The second-order valence-corrected chi connectivity index (χ2v) is 7.70. The highest BCUT2D eigenvalue weighted by atomic mass is 32.1. The van der Waals surface area contributed by atoms with Crippen molar-refractivity contribution in [3.8, 4) is 11.5 Å². The molecule has 0 unspecified atom stereocenters. The van der Waals surface area contributed by atoms with Crippen LogP contribution in [0.1, 0.15) is 37.0 Å². The van der Waals surface area contributed by atoms with Crippen molar-refractivity contribution in [1.82, 2.24) is 4.57 Å². The molecule has 0 bridgehead atoms. The Balaban J connectivity index is 1.46. The van der Waals surface area contributed by atoms with Crippen molar-refractivity contribution >= 4 is 23.1 Å².